The van der Waals surface area contributed by atoms with Crippen LogP contribution in [0.2, 0.25) is 15.1 Å². The van der Waals surface area contributed by atoms with Crippen molar-refractivity contribution in [3.05, 3.63) is 90.5 Å². The van der Waals surface area contributed by atoms with Crippen LogP contribution in [0.15, 0.2) is 53.1 Å². The lowest BCUT2D eigenvalue weighted by atomic mass is 9.85. The third-order valence-corrected chi connectivity index (χ3v) is 6.03. The molecule has 164 valence electrons. The zero-order valence-electron chi connectivity index (χ0n) is 16.7. The summed E-state index contributed by atoms with van der Waals surface area (Å²) in [5.41, 5.74) is 0.562. The topological polar surface area (TPSA) is 112 Å². The van der Waals surface area contributed by atoms with Crippen molar-refractivity contribution in [1.82, 2.24) is 0 Å². The van der Waals surface area contributed by atoms with E-state index in [1.165, 1.54) is 50.3 Å². The number of ketones is 1. The van der Waals surface area contributed by atoms with Gasteiger partial charge in [-0.15, -0.1) is 0 Å². The lowest BCUT2D eigenvalue weighted by molar-refractivity contribution is -0.134. The van der Waals surface area contributed by atoms with E-state index >= 15 is 0 Å². The fourth-order valence-electron chi connectivity index (χ4n) is 3.38. The Balaban J connectivity index is 2.53. The first kappa shape index (κ1) is 23.6. The van der Waals surface area contributed by atoms with Crippen LogP contribution in [-0.2, 0) is 9.59 Å². The summed E-state index contributed by atoms with van der Waals surface area (Å²) < 4.78 is 0. The second-order valence-corrected chi connectivity index (χ2v) is 8.26. The van der Waals surface area contributed by atoms with E-state index < -0.39 is 29.0 Å². The fourth-order valence-corrected chi connectivity index (χ4v) is 4.09. The number of carboxylic acids is 2. The summed E-state index contributed by atoms with van der Waals surface area (Å²) in [7, 11) is 0. The van der Waals surface area contributed by atoms with Gasteiger partial charge in [-0.2, -0.15) is 0 Å². The van der Waals surface area contributed by atoms with Crippen LogP contribution in [0, 0.1) is 6.92 Å². The largest absolute Gasteiger partial charge is 0.507 e. The van der Waals surface area contributed by atoms with E-state index in [1.807, 2.05) is 0 Å². The van der Waals surface area contributed by atoms with Gasteiger partial charge in [0.15, 0.2) is 5.78 Å². The molecular weight excluding hydrogens is 479 g/mol. The molecule has 0 radical (unpaired) electrons. The van der Waals surface area contributed by atoms with Gasteiger partial charge in [0.05, 0.1) is 15.1 Å². The third-order valence-electron chi connectivity index (χ3n) is 4.91. The highest BCUT2D eigenvalue weighted by Crippen LogP contribution is 2.43. The number of rotatable bonds is 4. The number of hydrogen-bond donors (Lipinski definition) is 3. The Labute approximate surface area is 197 Å². The number of carboxylic acid groups (broad SMARTS) is 2. The van der Waals surface area contributed by atoms with Crippen LogP contribution >= 0.6 is 34.8 Å². The third kappa shape index (κ3) is 4.17. The second-order valence-electron chi connectivity index (χ2n) is 7.06. The Morgan fingerprint density at radius 3 is 2.12 bits per heavy atom. The molecule has 32 heavy (non-hydrogen) atoms. The van der Waals surface area contributed by atoms with Gasteiger partial charge in [-0.1, -0.05) is 34.8 Å². The summed E-state index contributed by atoms with van der Waals surface area (Å²) in [6.07, 6.45) is 2.63. The number of phenols is 1. The first-order chi connectivity index (χ1) is 14.9. The monoisotopic (exact) mass is 492 g/mol. The molecule has 0 aliphatic heterocycles. The zero-order chi connectivity index (χ0) is 23.9. The second kappa shape index (κ2) is 8.82. The van der Waals surface area contributed by atoms with Crippen LogP contribution in [0.3, 0.4) is 0 Å². The van der Waals surface area contributed by atoms with Crippen molar-refractivity contribution in [3.63, 3.8) is 0 Å². The molecule has 0 aromatic heterocycles. The molecule has 0 unspecified atom stereocenters. The van der Waals surface area contributed by atoms with Gasteiger partial charge in [0, 0.05) is 5.56 Å². The average molecular weight is 494 g/mol. The van der Waals surface area contributed by atoms with E-state index in [2.05, 4.69) is 0 Å². The Morgan fingerprint density at radius 1 is 0.906 bits per heavy atom. The number of halogens is 3. The van der Waals surface area contributed by atoms with Gasteiger partial charge in [-0.25, -0.2) is 9.59 Å². The maximum absolute atomic E-state index is 12.3. The SMILES string of the molecule is CC1=CC(=C(c2cc(C)c(O)c(C(=O)O)c2)c2c(Cl)ccc(Cl)c2Cl)C=C(C(=O)O)C1=O. The molecule has 0 atom stereocenters. The van der Waals surface area contributed by atoms with Crippen LogP contribution in [0.5, 0.6) is 5.75 Å². The van der Waals surface area contributed by atoms with Crippen molar-refractivity contribution in [2.45, 2.75) is 13.8 Å². The molecule has 2 aromatic carbocycles. The van der Waals surface area contributed by atoms with E-state index in [0.29, 0.717) is 0 Å². The summed E-state index contributed by atoms with van der Waals surface area (Å²) >= 11 is 19.1. The number of aromatic carboxylic acids is 1. The molecule has 0 heterocycles. The molecule has 3 rings (SSSR count). The van der Waals surface area contributed by atoms with Crippen molar-refractivity contribution in [2.75, 3.05) is 0 Å². The minimum Gasteiger partial charge on any atom is -0.507 e. The molecule has 0 fully saturated rings. The molecule has 0 saturated heterocycles. The minimum atomic E-state index is -1.42. The van der Waals surface area contributed by atoms with E-state index in [0.717, 1.165) is 0 Å². The Hall–Kier alpha value is -3.06. The predicted octanol–water partition coefficient (Wildman–Crippen LogP) is 5.70. The number of Topliss-reactive ketones (excluding diaryl/α,β-unsaturated/α-hetero) is 1. The van der Waals surface area contributed by atoms with Gasteiger partial charge >= 0.3 is 11.9 Å². The van der Waals surface area contributed by atoms with E-state index in [-0.39, 0.29) is 54.0 Å². The smallest absolute Gasteiger partial charge is 0.339 e. The van der Waals surface area contributed by atoms with E-state index in [4.69, 9.17) is 34.8 Å². The molecule has 0 saturated carbocycles. The quantitative estimate of drug-likeness (QED) is 0.372. The van der Waals surface area contributed by atoms with Gasteiger partial charge in [-0.05, 0) is 78.1 Å². The summed E-state index contributed by atoms with van der Waals surface area (Å²) in [6.45, 7) is 2.97. The molecule has 0 bridgehead atoms. The van der Waals surface area contributed by atoms with Gasteiger partial charge in [0.25, 0.3) is 0 Å². The van der Waals surface area contributed by atoms with Crippen molar-refractivity contribution >= 4 is 58.1 Å². The lowest BCUT2D eigenvalue weighted by Gasteiger charge is -2.20. The number of carbonyl (C=O) groups is 3. The highest BCUT2D eigenvalue weighted by molar-refractivity contribution is 6.45. The Bertz CT molecular complexity index is 1300. The van der Waals surface area contributed by atoms with Crippen LogP contribution < -0.4 is 0 Å². The fraction of sp³-hybridized carbons (Fsp3) is 0.0870. The maximum atomic E-state index is 12.3. The van der Waals surface area contributed by atoms with Crippen molar-refractivity contribution < 1.29 is 29.7 Å². The van der Waals surface area contributed by atoms with Crippen LogP contribution in [0.4, 0.5) is 0 Å². The van der Waals surface area contributed by atoms with Crippen molar-refractivity contribution in [2.24, 2.45) is 0 Å². The molecular formula is C23H15Cl3O6. The highest BCUT2D eigenvalue weighted by Gasteiger charge is 2.27. The molecule has 1 aliphatic carbocycles. The molecule has 1 aliphatic rings. The van der Waals surface area contributed by atoms with Crippen molar-refractivity contribution in [1.29, 1.82) is 0 Å². The van der Waals surface area contributed by atoms with E-state index in [1.54, 1.807) is 0 Å². The van der Waals surface area contributed by atoms with E-state index in [9.17, 15) is 29.7 Å². The van der Waals surface area contributed by atoms with Crippen LogP contribution in [-0.4, -0.2) is 33.0 Å². The number of hydrogen-bond acceptors (Lipinski definition) is 4. The maximum Gasteiger partial charge on any atom is 0.339 e. The van der Waals surface area contributed by atoms with Gasteiger partial charge in [0.2, 0.25) is 0 Å². The van der Waals surface area contributed by atoms with Gasteiger partial charge in [0.1, 0.15) is 16.9 Å². The summed E-state index contributed by atoms with van der Waals surface area (Å²) in [6, 6.07) is 5.69. The summed E-state index contributed by atoms with van der Waals surface area (Å²) in [4.78, 5) is 35.7. The standard InChI is InChI=1S/C23H15Cl3O6/c1-9-5-11(7-13(20(9)27)22(29)30)17(18-15(24)3-4-16(25)19(18)26)12-6-10(2)21(28)14(8-12)23(31)32/h3-8,27H,1-2H3,(H,29,30)(H,31,32). The number of allylic oxidation sites excluding steroid dienone is 4. The van der Waals surface area contributed by atoms with Crippen LogP contribution in [0.25, 0.3) is 5.57 Å². The average Bonchev–Trinajstić information content (AvgIpc) is 2.71. The molecule has 2 aromatic rings. The molecule has 9 heteroatoms. The number of aliphatic carboxylic acids is 1. The van der Waals surface area contributed by atoms with Crippen molar-refractivity contribution in [3.8, 4) is 5.75 Å². The normalized spacial score (nSPS) is 15.2. The number of aryl methyl sites for hydroxylation is 1. The van der Waals surface area contributed by atoms with Gasteiger partial charge in [-0.3, -0.25) is 4.79 Å². The molecule has 0 spiro atoms. The number of carbonyl (C=O) groups excluding carboxylic acids is 1. The predicted molar refractivity (Wildman–Crippen MR) is 122 cm³/mol. The number of benzene rings is 2. The first-order valence-corrected chi connectivity index (χ1v) is 10.2. The first-order valence-electron chi connectivity index (χ1n) is 9.07. The lowest BCUT2D eigenvalue weighted by Crippen LogP contribution is -2.17. The Morgan fingerprint density at radius 2 is 1.53 bits per heavy atom. The minimum absolute atomic E-state index is 0.0532. The molecule has 0 amide bonds. The number of aromatic hydroxyl groups is 1. The highest BCUT2D eigenvalue weighted by atomic mass is 35.5. The summed E-state index contributed by atoms with van der Waals surface area (Å²) in [5.74, 6) is -3.86. The van der Waals surface area contributed by atoms with Gasteiger partial charge < -0.3 is 15.3 Å². The summed E-state index contributed by atoms with van der Waals surface area (Å²) in [5, 5.41) is 29.6. The Kier molecular flexibility index (Phi) is 6.51. The zero-order valence-corrected chi connectivity index (χ0v) is 18.9. The van der Waals surface area contributed by atoms with Crippen LogP contribution in [0.1, 0.15) is 34.0 Å². The molecule has 3 N–H and O–H groups in total. The molecule has 6 nitrogen and oxygen atoms in total.